The van der Waals surface area contributed by atoms with Crippen LogP contribution < -0.4 is 5.73 Å². The lowest BCUT2D eigenvalue weighted by Gasteiger charge is -2.05. The van der Waals surface area contributed by atoms with Gasteiger partial charge in [0.1, 0.15) is 12.1 Å². The highest BCUT2D eigenvalue weighted by Gasteiger charge is 2.41. The van der Waals surface area contributed by atoms with Crippen LogP contribution in [0.4, 0.5) is 0 Å². The van der Waals surface area contributed by atoms with Crippen molar-refractivity contribution >= 4 is 11.9 Å². The van der Waals surface area contributed by atoms with Crippen LogP contribution in [0, 0.1) is 0 Å². The smallest absolute Gasteiger partial charge is 0.322 e. The summed E-state index contributed by atoms with van der Waals surface area (Å²) in [5, 5.41) is 16.8. The summed E-state index contributed by atoms with van der Waals surface area (Å²) in [6.07, 6.45) is 0. The molecule has 1 rings (SSSR count). The molecule has 68 valence electrons. The predicted molar refractivity (Wildman–Crippen MR) is 38.6 cm³/mol. The summed E-state index contributed by atoms with van der Waals surface area (Å²) in [5.41, 5.74) is 5.19. The Bertz CT molecular complexity index is 218. The van der Waals surface area contributed by atoms with Crippen LogP contribution in [0.15, 0.2) is 0 Å². The van der Waals surface area contributed by atoms with Gasteiger partial charge in [0.05, 0.1) is 0 Å². The standard InChI is InChI=1S/C6H10N2O4/c7-3(5(9)10)1-8-2-4(8)6(11)12/h3-4H,1-2,7H2,(H,9,10)(H,11,12). The van der Waals surface area contributed by atoms with Crippen molar-refractivity contribution in [1.82, 2.24) is 4.90 Å². The van der Waals surface area contributed by atoms with Gasteiger partial charge in [-0.15, -0.1) is 0 Å². The van der Waals surface area contributed by atoms with Crippen LogP contribution in [-0.4, -0.2) is 52.2 Å². The summed E-state index contributed by atoms with van der Waals surface area (Å²) in [4.78, 5) is 22.0. The Morgan fingerprint density at radius 2 is 2.17 bits per heavy atom. The highest BCUT2D eigenvalue weighted by Crippen LogP contribution is 2.16. The number of carboxylic acid groups (broad SMARTS) is 2. The number of hydrogen-bond donors (Lipinski definition) is 3. The summed E-state index contributed by atoms with van der Waals surface area (Å²) >= 11 is 0. The van der Waals surface area contributed by atoms with Gasteiger partial charge in [0.15, 0.2) is 0 Å². The molecule has 1 aliphatic heterocycles. The van der Waals surface area contributed by atoms with Crippen molar-refractivity contribution in [3.63, 3.8) is 0 Å². The van der Waals surface area contributed by atoms with Crippen molar-refractivity contribution < 1.29 is 19.8 Å². The number of hydrogen-bond acceptors (Lipinski definition) is 4. The molecule has 0 aliphatic carbocycles. The molecule has 1 heterocycles. The van der Waals surface area contributed by atoms with Crippen molar-refractivity contribution in [3.05, 3.63) is 0 Å². The van der Waals surface area contributed by atoms with Gasteiger partial charge in [0, 0.05) is 13.1 Å². The van der Waals surface area contributed by atoms with Crippen molar-refractivity contribution in [2.24, 2.45) is 5.73 Å². The highest BCUT2D eigenvalue weighted by molar-refractivity contribution is 5.78. The third-order valence-corrected chi connectivity index (χ3v) is 1.75. The fourth-order valence-electron chi connectivity index (χ4n) is 0.942. The molecule has 12 heavy (non-hydrogen) atoms. The van der Waals surface area contributed by atoms with Gasteiger partial charge in [-0.25, -0.2) is 0 Å². The van der Waals surface area contributed by atoms with E-state index in [2.05, 4.69) is 0 Å². The van der Waals surface area contributed by atoms with Crippen LogP contribution in [0.1, 0.15) is 0 Å². The minimum atomic E-state index is -1.11. The van der Waals surface area contributed by atoms with E-state index in [0.29, 0.717) is 6.54 Å². The Hall–Kier alpha value is -1.14. The molecule has 0 amide bonds. The van der Waals surface area contributed by atoms with E-state index in [1.54, 1.807) is 0 Å². The summed E-state index contributed by atoms with van der Waals surface area (Å²) < 4.78 is 0. The molecule has 0 aromatic rings. The maximum absolute atomic E-state index is 10.3. The first-order valence-electron chi connectivity index (χ1n) is 3.47. The van der Waals surface area contributed by atoms with E-state index in [1.807, 2.05) is 0 Å². The van der Waals surface area contributed by atoms with E-state index < -0.39 is 24.0 Å². The molecule has 6 nitrogen and oxygen atoms in total. The molecule has 0 radical (unpaired) electrons. The van der Waals surface area contributed by atoms with E-state index in [1.165, 1.54) is 4.90 Å². The van der Waals surface area contributed by atoms with Gasteiger partial charge >= 0.3 is 11.9 Å². The van der Waals surface area contributed by atoms with Crippen molar-refractivity contribution in [2.45, 2.75) is 12.1 Å². The zero-order valence-electron chi connectivity index (χ0n) is 6.30. The Kier molecular flexibility index (Phi) is 2.30. The Morgan fingerprint density at radius 3 is 2.50 bits per heavy atom. The normalized spacial score (nSPS) is 29.4. The molecule has 4 N–H and O–H groups in total. The Morgan fingerprint density at radius 1 is 1.58 bits per heavy atom. The van der Waals surface area contributed by atoms with Gasteiger partial charge in [-0.05, 0) is 0 Å². The summed E-state index contributed by atoms with van der Waals surface area (Å²) in [6, 6.07) is -1.52. The quantitative estimate of drug-likeness (QED) is 0.433. The lowest BCUT2D eigenvalue weighted by atomic mass is 10.3. The summed E-state index contributed by atoms with van der Waals surface area (Å²) in [5.74, 6) is -2.03. The van der Waals surface area contributed by atoms with Crippen LogP contribution in [0.3, 0.4) is 0 Å². The maximum Gasteiger partial charge on any atom is 0.322 e. The lowest BCUT2D eigenvalue weighted by Crippen LogP contribution is -2.37. The van der Waals surface area contributed by atoms with E-state index >= 15 is 0 Å². The summed E-state index contributed by atoms with van der Waals surface area (Å²) in [6.45, 7) is 0.503. The van der Waals surface area contributed by atoms with Crippen molar-refractivity contribution in [1.29, 1.82) is 0 Å². The van der Waals surface area contributed by atoms with E-state index in [-0.39, 0.29) is 6.54 Å². The second kappa shape index (κ2) is 3.08. The second-order valence-electron chi connectivity index (χ2n) is 2.75. The van der Waals surface area contributed by atoms with Crippen LogP contribution in [0.5, 0.6) is 0 Å². The topological polar surface area (TPSA) is 104 Å². The first-order valence-corrected chi connectivity index (χ1v) is 3.47. The zero-order chi connectivity index (χ0) is 9.30. The number of carboxylic acids is 2. The predicted octanol–water partition coefficient (Wildman–Crippen LogP) is -1.83. The second-order valence-corrected chi connectivity index (χ2v) is 2.75. The Balaban J connectivity index is 2.27. The average Bonchev–Trinajstić information content (AvgIpc) is 2.67. The maximum atomic E-state index is 10.3. The fourth-order valence-corrected chi connectivity index (χ4v) is 0.942. The van der Waals surface area contributed by atoms with Gasteiger partial charge < -0.3 is 15.9 Å². The molecule has 0 aromatic heterocycles. The third kappa shape index (κ3) is 1.93. The molecule has 3 unspecified atom stereocenters. The number of rotatable bonds is 4. The summed E-state index contributed by atoms with van der Waals surface area (Å²) in [7, 11) is 0. The van der Waals surface area contributed by atoms with Gasteiger partial charge in [-0.1, -0.05) is 0 Å². The number of nitrogens with two attached hydrogens (primary N) is 1. The lowest BCUT2D eigenvalue weighted by molar-refractivity contribution is -0.140. The van der Waals surface area contributed by atoms with Crippen LogP contribution in [0.25, 0.3) is 0 Å². The molecule has 6 heteroatoms. The zero-order valence-corrected chi connectivity index (χ0v) is 6.30. The molecule has 1 saturated heterocycles. The minimum absolute atomic E-state index is 0.103. The third-order valence-electron chi connectivity index (χ3n) is 1.75. The number of aliphatic carboxylic acids is 2. The molecule has 0 spiro atoms. The van der Waals surface area contributed by atoms with Gasteiger partial charge in [-0.3, -0.25) is 14.5 Å². The average molecular weight is 174 g/mol. The first-order chi connectivity index (χ1) is 5.52. The van der Waals surface area contributed by atoms with Crippen molar-refractivity contribution in [3.8, 4) is 0 Å². The van der Waals surface area contributed by atoms with Gasteiger partial charge in [0.25, 0.3) is 0 Å². The SMILES string of the molecule is NC(CN1CC1C(=O)O)C(=O)O. The number of carbonyl (C=O) groups is 2. The first kappa shape index (κ1) is 8.95. The van der Waals surface area contributed by atoms with Crippen LogP contribution in [0.2, 0.25) is 0 Å². The van der Waals surface area contributed by atoms with Crippen LogP contribution in [-0.2, 0) is 9.59 Å². The molecule has 0 aromatic carbocycles. The molecule has 0 bridgehead atoms. The highest BCUT2D eigenvalue weighted by atomic mass is 16.4. The van der Waals surface area contributed by atoms with E-state index in [0.717, 1.165) is 0 Å². The molecule has 3 atom stereocenters. The molecule has 1 fully saturated rings. The number of nitrogens with zero attached hydrogens (tertiary/aromatic N) is 1. The van der Waals surface area contributed by atoms with Crippen molar-refractivity contribution in [2.75, 3.05) is 13.1 Å². The monoisotopic (exact) mass is 174 g/mol. The van der Waals surface area contributed by atoms with E-state index in [4.69, 9.17) is 15.9 Å². The molecular formula is C6H10N2O4. The minimum Gasteiger partial charge on any atom is -0.480 e. The van der Waals surface area contributed by atoms with Gasteiger partial charge in [0.2, 0.25) is 0 Å². The van der Waals surface area contributed by atoms with E-state index in [9.17, 15) is 9.59 Å². The largest absolute Gasteiger partial charge is 0.480 e. The fraction of sp³-hybridized carbons (Fsp3) is 0.667. The molecule has 0 saturated carbocycles. The molecule has 1 aliphatic rings. The Labute approximate surface area is 68.6 Å². The van der Waals surface area contributed by atoms with Crippen LogP contribution >= 0.6 is 0 Å². The van der Waals surface area contributed by atoms with Gasteiger partial charge in [-0.2, -0.15) is 0 Å². The molecular weight excluding hydrogens is 164 g/mol.